The topological polar surface area (TPSA) is 43.1 Å². The average molecular weight is 329 g/mol. The van der Waals surface area contributed by atoms with E-state index >= 15 is 0 Å². The van der Waals surface area contributed by atoms with Crippen molar-refractivity contribution in [2.75, 3.05) is 0 Å². The molecule has 1 aromatic carbocycles. The van der Waals surface area contributed by atoms with E-state index in [0.29, 0.717) is 5.22 Å². The summed E-state index contributed by atoms with van der Waals surface area (Å²) in [6.07, 6.45) is 4.42. The fourth-order valence-corrected chi connectivity index (χ4v) is 4.93. The lowest BCUT2D eigenvalue weighted by atomic mass is 9.97. The molecule has 0 fully saturated rings. The number of aromatic nitrogens is 1. The predicted molar refractivity (Wildman–Crippen MR) is 90.8 cm³/mol. The molecule has 0 unspecified atom stereocenters. The van der Waals surface area contributed by atoms with E-state index in [-0.39, 0.29) is 5.63 Å². The summed E-state index contributed by atoms with van der Waals surface area (Å²) in [5.74, 6) is 0.757. The highest BCUT2D eigenvalue weighted by Crippen LogP contribution is 2.34. The smallest absolute Gasteiger partial charge is 0.348 e. The SMILES string of the molecule is O=c1oc(SCc2ccccc2)nc2sc3c(c12)CCCC3. The van der Waals surface area contributed by atoms with Gasteiger partial charge in [-0.3, -0.25) is 0 Å². The molecule has 0 radical (unpaired) electrons. The first-order chi connectivity index (χ1) is 10.8. The molecule has 2 aromatic heterocycles. The van der Waals surface area contributed by atoms with Gasteiger partial charge in [-0.2, -0.15) is 4.98 Å². The van der Waals surface area contributed by atoms with Gasteiger partial charge in [0.25, 0.3) is 5.22 Å². The first kappa shape index (κ1) is 14.0. The molecule has 0 aliphatic heterocycles. The molecular weight excluding hydrogens is 314 g/mol. The number of hydrogen-bond acceptors (Lipinski definition) is 5. The van der Waals surface area contributed by atoms with Crippen LogP contribution in [-0.4, -0.2) is 4.98 Å². The highest BCUT2D eigenvalue weighted by atomic mass is 32.2. The van der Waals surface area contributed by atoms with Crippen LogP contribution in [-0.2, 0) is 18.6 Å². The number of fused-ring (bicyclic) bond motifs is 3. The quantitative estimate of drug-likeness (QED) is 0.667. The molecule has 0 spiro atoms. The molecule has 2 heterocycles. The summed E-state index contributed by atoms with van der Waals surface area (Å²) in [7, 11) is 0. The van der Waals surface area contributed by atoms with Crippen molar-refractivity contribution < 1.29 is 4.42 Å². The van der Waals surface area contributed by atoms with Crippen LogP contribution in [0.2, 0.25) is 0 Å². The summed E-state index contributed by atoms with van der Waals surface area (Å²) >= 11 is 3.14. The fraction of sp³-hybridized carbons (Fsp3) is 0.294. The minimum absolute atomic E-state index is 0.222. The van der Waals surface area contributed by atoms with Crippen LogP contribution in [0.15, 0.2) is 44.8 Å². The van der Waals surface area contributed by atoms with Gasteiger partial charge in [0.2, 0.25) is 0 Å². The summed E-state index contributed by atoms with van der Waals surface area (Å²) in [5.41, 5.74) is 2.16. The number of benzene rings is 1. The van der Waals surface area contributed by atoms with Crippen LogP contribution in [0.1, 0.15) is 28.8 Å². The number of nitrogens with zero attached hydrogens (tertiary/aromatic N) is 1. The van der Waals surface area contributed by atoms with Gasteiger partial charge in [0, 0.05) is 10.6 Å². The van der Waals surface area contributed by atoms with Crippen molar-refractivity contribution in [3.8, 4) is 0 Å². The van der Waals surface area contributed by atoms with Crippen molar-refractivity contribution in [1.29, 1.82) is 0 Å². The number of aryl methyl sites for hydroxylation is 2. The van der Waals surface area contributed by atoms with Gasteiger partial charge in [-0.25, -0.2) is 4.79 Å². The van der Waals surface area contributed by atoms with Crippen LogP contribution in [0.4, 0.5) is 0 Å². The van der Waals surface area contributed by atoms with Gasteiger partial charge >= 0.3 is 5.63 Å². The Hall–Kier alpha value is -1.59. The monoisotopic (exact) mass is 329 g/mol. The molecular formula is C17H15NO2S2. The highest BCUT2D eigenvalue weighted by Gasteiger charge is 2.20. The van der Waals surface area contributed by atoms with Crippen molar-refractivity contribution in [3.63, 3.8) is 0 Å². The molecule has 5 heteroatoms. The summed E-state index contributed by atoms with van der Waals surface area (Å²) < 4.78 is 5.44. The largest absolute Gasteiger partial charge is 0.397 e. The third kappa shape index (κ3) is 2.59. The van der Waals surface area contributed by atoms with Gasteiger partial charge in [-0.1, -0.05) is 42.1 Å². The van der Waals surface area contributed by atoms with Crippen LogP contribution in [0.3, 0.4) is 0 Å². The molecule has 3 nitrogen and oxygen atoms in total. The number of thioether (sulfide) groups is 1. The normalized spacial score (nSPS) is 14.2. The minimum atomic E-state index is -0.222. The summed E-state index contributed by atoms with van der Waals surface area (Å²) in [6, 6.07) is 10.1. The Balaban J connectivity index is 1.67. The van der Waals surface area contributed by atoms with Gasteiger partial charge < -0.3 is 4.42 Å². The lowest BCUT2D eigenvalue weighted by molar-refractivity contribution is 0.401. The Kier molecular flexibility index (Phi) is 3.76. The predicted octanol–water partition coefficient (Wildman–Crippen LogP) is 4.42. The second-order valence-corrected chi connectivity index (χ2v) is 7.44. The van der Waals surface area contributed by atoms with Crippen LogP contribution < -0.4 is 5.63 Å². The molecule has 1 aliphatic rings. The molecule has 0 amide bonds. The van der Waals surface area contributed by atoms with Crippen LogP contribution >= 0.6 is 23.1 Å². The zero-order valence-corrected chi connectivity index (χ0v) is 13.6. The van der Waals surface area contributed by atoms with E-state index in [1.807, 2.05) is 18.2 Å². The Morgan fingerprint density at radius 1 is 1.18 bits per heavy atom. The third-order valence-corrected chi connectivity index (χ3v) is 6.02. The molecule has 22 heavy (non-hydrogen) atoms. The van der Waals surface area contributed by atoms with E-state index in [0.717, 1.165) is 35.2 Å². The molecule has 0 atom stereocenters. The van der Waals surface area contributed by atoms with Crippen LogP contribution in [0, 0.1) is 0 Å². The molecule has 4 rings (SSSR count). The van der Waals surface area contributed by atoms with Crippen molar-refractivity contribution in [2.45, 2.75) is 36.7 Å². The molecule has 0 saturated carbocycles. The van der Waals surface area contributed by atoms with E-state index in [9.17, 15) is 4.79 Å². The lowest BCUT2D eigenvalue weighted by Crippen LogP contribution is -2.06. The van der Waals surface area contributed by atoms with Crippen molar-refractivity contribution >= 4 is 33.3 Å². The second kappa shape index (κ2) is 5.89. The number of rotatable bonds is 3. The van der Waals surface area contributed by atoms with Gasteiger partial charge in [0.05, 0.1) is 0 Å². The maximum atomic E-state index is 12.3. The maximum absolute atomic E-state index is 12.3. The second-order valence-electron chi connectivity index (χ2n) is 5.43. The zero-order valence-electron chi connectivity index (χ0n) is 12.0. The van der Waals surface area contributed by atoms with E-state index in [1.165, 1.54) is 34.2 Å². The van der Waals surface area contributed by atoms with E-state index in [2.05, 4.69) is 17.1 Å². The number of thiophene rings is 1. The Bertz CT molecular complexity index is 867. The third-order valence-electron chi connectivity index (χ3n) is 3.93. The van der Waals surface area contributed by atoms with Gasteiger partial charge in [0.15, 0.2) is 0 Å². The number of hydrogen-bond donors (Lipinski definition) is 0. The van der Waals surface area contributed by atoms with Crippen molar-refractivity contribution in [3.05, 3.63) is 56.8 Å². The molecule has 0 bridgehead atoms. The summed E-state index contributed by atoms with van der Waals surface area (Å²) in [6.45, 7) is 0. The Morgan fingerprint density at radius 3 is 2.86 bits per heavy atom. The average Bonchev–Trinajstić information content (AvgIpc) is 2.92. The van der Waals surface area contributed by atoms with Crippen LogP contribution in [0.25, 0.3) is 10.2 Å². The summed E-state index contributed by atoms with van der Waals surface area (Å²) in [5, 5.41) is 1.20. The van der Waals surface area contributed by atoms with Gasteiger partial charge in [0.1, 0.15) is 10.2 Å². The van der Waals surface area contributed by atoms with Crippen molar-refractivity contribution in [1.82, 2.24) is 4.98 Å². The van der Waals surface area contributed by atoms with Gasteiger partial charge in [-0.15, -0.1) is 11.3 Å². The Labute approximate surface area is 136 Å². The standard InChI is InChI=1S/C17H15NO2S2/c19-16-14-12-8-4-5-9-13(12)22-15(14)18-17(20-16)21-10-11-6-2-1-3-7-11/h1-3,6-7H,4-5,8-10H2. The van der Waals surface area contributed by atoms with E-state index < -0.39 is 0 Å². The van der Waals surface area contributed by atoms with Crippen molar-refractivity contribution in [2.24, 2.45) is 0 Å². The first-order valence-electron chi connectivity index (χ1n) is 7.43. The molecule has 112 valence electrons. The lowest BCUT2D eigenvalue weighted by Gasteiger charge is -2.09. The molecule has 1 aliphatic carbocycles. The van der Waals surface area contributed by atoms with E-state index in [4.69, 9.17) is 4.42 Å². The zero-order chi connectivity index (χ0) is 14.9. The molecule has 0 saturated heterocycles. The highest BCUT2D eigenvalue weighted by molar-refractivity contribution is 7.98. The van der Waals surface area contributed by atoms with E-state index in [1.54, 1.807) is 11.3 Å². The molecule has 0 N–H and O–H groups in total. The Morgan fingerprint density at radius 2 is 2.00 bits per heavy atom. The molecule has 3 aromatic rings. The fourth-order valence-electron chi connectivity index (χ4n) is 2.86. The maximum Gasteiger partial charge on any atom is 0.348 e. The summed E-state index contributed by atoms with van der Waals surface area (Å²) in [4.78, 5) is 19.1. The first-order valence-corrected chi connectivity index (χ1v) is 9.23. The van der Waals surface area contributed by atoms with Gasteiger partial charge in [-0.05, 0) is 36.8 Å². The van der Waals surface area contributed by atoms with Crippen LogP contribution in [0.5, 0.6) is 0 Å². The minimum Gasteiger partial charge on any atom is -0.397 e.